The van der Waals surface area contributed by atoms with Crippen LogP contribution in [0.15, 0.2) is 18.2 Å². The maximum absolute atomic E-state index is 12.6. The summed E-state index contributed by atoms with van der Waals surface area (Å²) in [5.41, 5.74) is -0.0402. The number of piperidine rings is 1. The smallest absolute Gasteiger partial charge is 0.387 e. The van der Waals surface area contributed by atoms with Crippen molar-refractivity contribution >= 4 is 0 Å². The average molecular weight is 339 g/mol. The van der Waals surface area contributed by atoms with Crippen LogP contribution in [-0.2, 0) is 6.54 Å². The molecule has 1 fully saturated rings. The van der Waals surface area contributed by atoms with Gasteiger partial charge in [0.05, 0.1) is 12.2 Å². The Bertz CT molecular complexity index is 598. The highest BCUT2D eigenvalue weighted by Gasteiger charge is 2.34. The molecule has 2 rings (SSSR count). The third-order valence-electron chi connectivity index (χ3n) is 4.55. The van der Waals surface area contributed by atoms with Crippen LogP contribution >= 0.6 is 0 Å². The lowest BCUT2D eigenvalue weighted by molar-refractivity contribution is -0.0702. The Morgan fingerprint density at radius 2 is 2.25 bits per heavy atom. The molecule has 0 aliphatic carbocycles. The largest absolute Gasteiger partial charge is 0.434 e. The zero-order chi connectivity index (χ0) is 17.7. The first-order valence-electron chi connectivity index (χ1n) is 7.95. The van der Waals surface area contributed by atoms with Crippen molar-refractivity contribution in [3.63, 3.8) is 0 Å². The number of benzene rings is 1. The summed E-state index contributed by atoms with van der Waals surface area (Å²) in [6, 6.07) is 4.83. The van der Waals surface area contributed by atoms with Crippen LogP contribution in [0.2, 0.25) is 0 Å². The molecule has 1 saturated heterocycles. The second-order valence-corrected chi connectivity index (χ2v) is 6.43. The Labute approximate surface area is 141 Å². The number of likely N-dealkylation sites (tertiary alicyclic amines) is 1. The molecular weight excluding hydrogens is 316 g/mol. The maximum atomic E-state index is 12.6. The van der Waals surface area contributed by atoms with Crippen LogP contribution in [0.4, 0.5) is 8.78 Å². The lowest BCUT2D eigenvalue weighted by atomic mass is 9.83. The second kappa shape index (κ2) is 7.93. The van der Waals surface area contributed by atoms with Crippen LogP contribution in [0, 0.1) is 18.3 Å². The first kappa shape index (κ1) is 18.7. The molecule has 0 radical (unpaired) electrons. The first-order chi connectivity index (χ1) is 11.4. The lowest BCUT2D eigenvalue weighted by Crippen LogP contribution is -2.47. The van der Waals surface area contributed by atoms with Gasteiger partial charge < -0.3 is 14.9 Å². The van der Waals surface area contributed by atoms with Crippen LogP contribution in [0.3, 0.4) is 0 Å². The van der Waals surface area contributed by atoms with E-state index in [1.165, 1.54) is 6.07 Å². The van der Waals surface area contributed by atoms with Gasteiger partial charge in [0, 0.05) is 30.1 Å². The summed E-state index contributed by atoms with van der Waals surface area (Å²) in [6.45, 7) is 0.198. The topological polar surface area (TPSA) is 52.9 Å². The summed E-state index contributed by atoms with van der Waals surface area (Å²) in [6.07, 6.45) is 7.00. The molecule has 0 spiro atoms. The van der Waals surface area contributed by atoms with E-state index < -0.39 is 12.2 Å². The van der Waals surface area contributed by atoms with Crippen molar-refractivity contribution in [1.82, 2.24) is 4.90 Å². The molecule has 132 valence electrons. The number of rotatable bonds is 6. The van der Waals surface area contributed by atoms with Gasteiger partial charge in [0.15, 0.2) is 0 Å². The predicted octanol–water partition coefficient (Wildman–Crippen LogP) is 2.22. The highest BCUT2D eigenvalue weighted by atomic mass is 19.3. The van der Waals surface area contributed by atoms with E-state index in [0.717, 1.165) is 19.4 Å². The SMILES string of the molecule is C#Cc1ccc(CN2CCC[C@H]([C@](C)(O)CO)C2)c(OC(F)F)c1. The number of alkyl halides is 2. The average Bonchev–Trinajstić information content (AvgIpc) is 2.56. The lowest BCUT2D eigenvalue weighted by Gasteiger charge is -2.39. The summed E-state index contributed by atoms with van der Waals surface area (Å²) in [5.74, 6) is 2.42. The Kier molecular flexibility index (Phi) is 6.16. The van der Waals surface area contributed by atoms with Gasteiger partial charge in [-0.3, -0.25) is 4.90 Å². The first-order valence-corrected chi connectivity index (χ1v) is 7.95. The maximum Gasteiger partial charge on any atom is 0.387 e. The Morgan fingerprint density at radius 1 is 1.50 bits per heavy atom. The molecule has 4 nitrogen and oxygen atoms in total. The van der Waals surface area contributed by atoms with Gasteiger partial charge in [-0.1, -0.05) is 12.0 Å². The fourth-order valence-corrected chi connectivity index (χ4v) is 3.06. The molecule has 1 aromatic rings. The van der Waals surface area contributed by atoms with Crippen LogP contribution in [-0.4, -0.2) is 47.0 Å². The number of aliphatic hydroxyl groups is 2. The second-order valence-electron chi connectivity index (χ2n) is 6.43. The van der Waals surface area contributed by atoms with Crippen LogP contribution in [0.25, 0.3) is 0 Å². The normalized spacial score (nSPS) is 21.3. The number of hydrogen-bond donors (Lipinski definition) is 2. The van der Waals surface area contributed by atoms with Gasteiger partial charge in [0.1, 0.15) is 5.75 Å². The standard InChI is InChI=1S/C18H23F2NO3/c1-3-13-6-7-14(16(9-13)24-17(19)20)10-21-8-4-5-15(11-21)18(2,23)12-22/h1,6-7,9,15,17,22-23H,4-5,8,10-12H2,2H3/t15-,18+/m0/s1. The van der Waals surface area contributed by atoms with Crippen LogP contribution in [0.1, 0.15) is 30.9 Å². The number of halogens is 2. The molecule has 0 amide bonds. The van der Waals surface area contributed by atoms with Gasteiger partial charge in [-0.2, -0.15) is 8.78 Å². The van der Waals surface area contributed by atoms with E-state index in [2.05, 4.69) is 15.6 Å². The minimum atomic E-state index is -2.92. The molecule has 2 atom stereocenters. The fraction of sp³-hybridized carbons (Fsp3) is 0.556. The van der Waals surface area contributed by atoms with Gasteiger partial charge >= 0.3 is 6.61 Å². The van der Waals surface area contributed by atoms with Crippen molar-refractivity contribution in [2.45, 2.75) is 38.5 Å². The minimum absolute atomic E-state index is 0.0688. The Morgan fingerprint density at radius 3 is 2.88 bits per heavy atom. The van der Waals surface area contributed by atoms with Crippen molar-refractivity contribution in [2.24, 2.45) is 5.92 Å². The molecule has 2 N–H and O–H groups in total. The van der Waals surface area contributed by atoms with Gasteiger partial charge in [-0.05, 0) is 38.4 Å². The Balaban J connectivity index is 2.14. The Hall–Kier alpha value is -1.68. The highest BCUT2D eigenvalue weighted by molar-refractivity contribution is 5.43. The molecule has 1 aromatic carbocycles. The van der Waals surface area contributed by atoms with Crippen LogP contribution in [0.5, 0.6) is 5.75 Å². The van der Waals surface area contributed by atoms with Gasteiger partial charge in [-0.25, -0.2) is 0 Å². The number of nitrogens with zero attached hydrogens (tertiary/aromatic N) is 1. The fourth-order valence-electron chi connectivity index (χ4n) is 3.06. The molecule has 0 unspecified atom stereocenters. The van der Waals surface area contributed by atoms with E-state index in [-0.39, 0.29) is 18.3 Å². The van der Waals surface area contributed by atoms with Crippen LogP contribution < -0.4 is 4.74 Å². The molecule has 0 bridgehead atoms. The third kappa shape index (κ3) is 4.67. The summed E-state index contributed by atoms with van der Waals surface area (Å²) in [4.78, 5) is 2.07. The molecule has 1 aliphatic heterocycles. The van der Waals surface area contributed by atoms with E-state index in [0.29, 0.717) is 24.2 Å². The van der Waals surface area contributed by atoms with E-state index in [1.807, 2.05) is 0 Å². The molecule has 1 heterocycles. The summed E-state index contributed by atoms with van der Waals surface area (Å²) >= 11 is 0. The molecule has 1 aliphatic rings. The number of terminal acetylenes is 1. The predicted molar refractivity (Wildman–Crippen MR) is 86.7 cm³/mol. The van der Waals surface area contributed by atoms with Crippen molar-refractivity contribution < 1.29 is 23.7 Å². The molecule has 6 heteroatoms. The monoisotopic (exact) mass is 339 g/mol. The van der Waals surface area contributed by atoms with Crippen molar-refractivity contribution in [3.05, 3.63) is 29.3 Å². The molecule has 0 saturated carbocycles. The van der Waals surface area contributed by atoms with E-state index in [1.54, 1.807) is 19.1 Å². The highest BCUT2D eigenvalue weighted by Crippen LogP contribution is 2.30. The zero-order valence-electron chi connectivity index (χ0n) is 13.7. The quantitative estimate of drug-likeness (QED) is 0.781. The van der Waals surface area contributed by atoms with Crippen molar-refractivity contribution in [1.29, 1.82) is 0 Å². The summed E-state index contributed by atoms with van der Waals surface area (Å²) in [5, 5.41) is 19.6. The summed E-state index contributed by atoms with van der Waals surface area (Å²) < 4.78 is 29.9. The third-order valence-corrected chi connectivity index (χ3v) is 4.55. The van der Waals surface area contributed by atoms with E-state index >= 15 is 0 Å². The molecule has 0 aromatic heterocycles. The van der Waals surface area contributed by atoms with E-state index in [4.69, 9.17) is 6.42 Å². The minimum Gasteiger partial charge on any atom is -0.434 e. The van der Waals surface area contributed by atoms with Gasteiger partial charge in [0.2, 0.25) is 0 Å². The van der Waals surface area contributed by atoms with Crippen molar-refractivity contribution in [3.8, 4) is 18.1 Å². The zero-order valence-corrected chi connectivity index (χ0v) is 13.7. The van der Waals surface area contributed by atoms with Crippen molar-refractivity contribution in [2.75, 3.05) is 19.7 Å². The van der Waals surface area contributed by atoms with Gasteiger partial charge in [-0.15, -0.1) is 6.42 Å². The molecule has 24 heavy (non-hydrogen) atoms. The molecular formula is C18H23F2NO3. The summed E-state index contributed by atoms with van der Waals surface area (Å²) in [7, 11) is 0. The number of aliphatic hydroxyl groups excluding tert-OH is 1. The van der Waals surface area contributed by atoms with E-state index in [9.17, 15) is 19.0 Å². The number of ether oxygens (including phenoxy) is 1. The van der Waals surface area contributed by atoms with Gasteiger partial charge in [0.25, 0.3) is 0 Å². The number of hydrogen-bond acceptors (Lipinski definition) is 4.